The van der Waals surface area contributed by atoms with Gasteiger partial charge in [0.2, 0.25) is 15.9 Å². The van der Waals surface area contributed by atoms with E-state index < -0.39 is 22.2 Å². The van der Waals surface area contributed by atoms with Crippen LogP contribution in [0.3, 0.4) is 0 Å². The molecule has 0 bridgehead atoms. The zero-order valence-corrected chi connectivity index (χ0v) is 14.7. The first-order chi connectivity index (χ1) is 11.9. The normalized spacial score (nSPS) is 25.1. The van der Waals surface area contributed by atoms with Crippen LogP contribution in [0.4, 0.5) is 4.39 Å². The van der Waals surface area contributed by atoms with E-state index in [0.29, 0.717) is 32.1 Å². The van der Waals surface area contributed by atoms with Gasteiger partial charge in [0.1, 0.15) is 18.0 Å². The Labute approximate surface area is 146 Å². The number of methoxy groups -OCH3 is 1. The standard InChI is InChI=1S/C16H21FN2O5S/c1-23-13-2-4-14(5-3-13)25(21,22)19-11-12(17)10-15(19)16(20)18-6-8-24-9-7-18/h2-5,12,15H,6-11H2,1H3. The van der Waals surface area contributed by atoms with Crippen LogP contribution in [0, 0.1) is 0 Å². The van der Waals surface area contributed by atoms with Gasteiger partial charge in [-0.1, -0.05) is 0 Å². The Morgan fingerprint density at radius 3 is 2.48 bits per heavy atom. The van der Waals surface area contributed by atoms with Crippen LogP contribution >= 0.6 is 0 Å². The molecule has 3 rings (SSSR count). The van der Waals surface area contributed by atoms with E-state index in [4.69, 9.17) is 9.47 Å². The lowest BCUT2D eigenvalue weighted by atomic mass is 10.2. The highest BCUT2D eigenvalue weighted by Gasteiger charge is 2.45. The molecule has 2 aliphatic rings. The summed E-state index contributed by atoms with van der Waals surface area (Å²) in [5.74, 6) is 0.158. The third-order valence-corrected chi connectivity index (χ3v) is 6.37. The number of hydrogen-bond acceptors (Lipinski definition) is 5. The monoisotopic (exact) mass is 372 g/mol. The van der Waals surface area contributed by atoms with Gasteiger partial charge in [-0.15, -0.1) is 0 Å². The van der Waals surface area contributed by atoms with Crippen molar-refractivity contribution in [3.8, 4) is 5.75 Å². The number of carbonyl (C=O) groups excluding carboxylic acids is 1. The van der Waals surface area contributed by atoms with Gasteiger partial charge in [0, 0.05) is 26.1 Å². The summed E-state index contributed by atoms with van der Waals surface area (Å²) in [6.07, 6.45) is -1.48. The van der Waals surface area contributed by atoms with Crippen molar-refractivity contribution < 1.29 is 27.1 Å². The Morgan fingerprint density at radius 1 is 1.24 bits per heavy atom. The molecule has 0 radical (unpaired) electrons. The number of benzene rings is 1. The van der Waals surface area contributed by atoms with Gasteiger partial charge in [-0.2, -0.15) is 4.31 Å². The van der Waals surface area contributed by atoms with Gasteiger partial charge in [-0.05, 0) is 24.3 Å². The van der Waals surface area contributed by atoms with Gasteiger partial charge in [0.15, 0.2) is 0 Å². The molecular formula is C16H21FN2O5S. The summed E-state index contributed by atoms with van der Waals surface area (Å²) < 4.78 is 51.0. The first-order valence-corrected chi connectivity index (χ1v) is 9.54. The molecule has 7 nitrogen and oxygen atoms in total. The molecule has 2 aliphatic heterocycles. The first-order valence-electron chi connectivity index (χ1n) is 8.10. The number of carbonyl (C=O) groups is 1. The minimum Gasteiger partial charge on any atom is -0.497 e. The summed E-state index contributed by atoms with van der Waals surface area (Å²) in [7, 11) is -2.49. The molecule has 25 heavy (non-hydrogen) atoms. The molecule has 2 atom stereocenters. The zero-order valence-electron chi connectivity index (χ0n) is 13.9. The highest BCUT2D eigenvalue weighted by molar-refractivity contribution is 7.89. The third-order valence-electron chi connectivity index (χ3n) is 4.48. The lowest BCUT2D eigenvalue weighted by Crippen LogP contribution is -2.50. The average molecular weight is 372 g/mol. The van der Waals surface area contributed by atoms with Crippen molar-refractivity contribution in [3.63, 3.8) is 0 Å². The van der Waals surface area contributed by atoms with Gasteiger partial charge < -0.3 is 14.4 Å². The van der Waals surface area contributed by atoms with Crippen LogP contribution in [0.2, 0.25) is 0 Å². The fourth-order valence-corrected chi connectivity index (χ4v) is 4.74. The molecule has 1 amide bonds. The molecule has 2 unspecified atom stereocenters. The van der Waals surface area contributed by atoms with Crippen LogP contribution in [-0.2, 0) is 19.6 Å². The Bertz CT molecular complexity index is 719. The number of nitrogens with zero attached hydrogens (tertiary/aromatic N) is 2. The molecule has 2 fully saturated rings. The maximum atomic E-state index is 14.0. The van der Waals surface area contributed by atoms with E-state index in [9.17, 15) is 17.6 Å². The number of amides is 1. The smallest absolute Gasteiger partial charge is 0.243 e. The second-order valence-corrected chi connectivity index (χ2v) is 7.93. The van der Waals surface area contributed by atoms with Crippen LogP contribution in [0.5, 0.6) is 5.75 Å². The zero-order chi connectivity index (χ0) is 18.0. The minimum atomic E-state index is -3.97. The quantitative estimate of drug-likeness (QED) is 0.776. The maximum absolute atomic E-state index is 14.0. The summed E-state index contributed by atoms with van der Waals surface area (Å²) >= 11 is 0. The largest absolute Gasteiger partial charge is 0.497 e. The molecule has 0 aliphatic carbocycles. The van der Waals surface area contributed by atoms with Gasteiger partial charge in [0.05, 0.1) is 25.2 Å². The van der Waals surface area contributed by atoms with Crippen molar-refractivity contribution in [2.45, 2.75) is 23.5 Å². The van der Waals surface area contributed by atoms with Crippen molar-refractivity contribution in [2.75, 3.05) is 40.0 Å². The maximum Gasteiger partial charge on any atom is 0.243 e. The molecule has 0 spiro atoms. The highest BCUT2D eigenvalue weighted by Crippen LogP contribution is 2.30. The summed E-state index contributed by atoms with van der Waals surface area (Å²) in [5.41, 5.74) is 0. The van der Waals surface area contributed by atoms with Crippen molar-refractivity contribution >= 4 is 15.9 Å². The predicted octanol–water partition coefficient (Wildman–Crippen LogP) is 0.655. The summed E-state index contributed by atoms with van der Waals surface area (Å²) in [6.45, 7) is 1.28. The average Bonchev–Trinajstić information content (AvgIpc) is 3.04. The number of rotatable bonds is 4. The number of hydrogen-bond donors (Lipinski definition) is 0. The van der Waals surface area contributed by atoms with Crippen LogP contribution in [0.1, 0.15) is 6.42 Å². The summed E-state index contributed by atoms with van der Waals surface area (Å²) in [5, 5.41) is 0. The van der Waals surface area contributed by atoms with E-state index in [0.717, 1.165) is 4.31 Å². The minimum absolute atomic E-state index is 0.0159. The van der Waals surface area contributed by atoms with E-state index in [1.54, 1.807) is 4.90 Å². The second kappa shape index (κ2) is 7.27. The van der Waals surface area contributed by atoms with E-state index in [1.807, 2.05) is 0 Å². The fourth-order valence-electron chi connectivity index (χ4n) is 3.12. The molecule has 1 aromatic rings. The van der Waals surface area contributed by atoms with Crippen LogP contribution in [-0.4, -0.2) is 75.7 Å². The second-order valence-electron chi connectivity index (χ2n) is 6.04. The molecule has 2 heterocycles. The van der Waals surface area contributed by atoms with Crippen LogP contribution < -0.4 is 4.74 Å². The number of halogens is 1. The number of sulfonamides is 1. The molecule has 1 aromatic carbocycles. The van der Waals surface area contributed by atoms with E-state index in [-0.39, 0.29) is 23.8 Å². The van der Waals surface area contributed by atoms with Crippen LogP contribution in [0.15, 0.2) is 29.2 Å². The number of morpholine rings is 1. The number of alkyl halides is 1. The molecule has 2 saturated heterocycles. The molecular weight excluding hydrogens is 351 g/mol. The van der Waals surface area contributed by atoms with Crippen molar-refractivity contribution in [2.24, 2.45) is 0 Å². The molecule has 9 heteroatoms. The molecule has 0 aromatic heterocycles. The Balaban J connectivity index is 1.85. The molecule has 138 valence electrons. The van der Waals surface area contributed by atoms with E-state index >= 15 is 0 Å². The van der Waals surface area contributed by atoms with Gasteiger partial charge in [-0.25, -0.2) is 12.8 Å². The summed E-state index contributed by atoms with van der Waals surface area (Å²) in [4.78, 5) is 14.3. The van der Waals surface area contributed by atoms with Crippen molar-refractivity contribution in [1.82, 2.24) is 9.21 Å². The topological polar surface area (TPSA) is 76.2 Å². The van der Waals surface area contributed by atoms with E-state index in [1.165, 1.54) is 31.4 Å². The first kappa shape index (κ1) is 18.1. The van der Waals surface area contributed by atoms with Gasteiger partial charge >= 0.3 is 0 Å². The Kier molecular flexibility index (Phi) is 5.26. The lowest BCUT2D eigenvalue weighted by molar-refractivity contribution is -0.138. The third kappa shape index (κ3) is 3.63. The molecule has 0 N–H and O–H groups in total. The highest BCUT2D eigenvalue weighted by atomic mass is 32.2. The van der Waals surface area contributed by atoms with Crippen LogP contribution in [0.25, 0.3) is 0 Å². The van der Waals surface area contributed by atoms with Crippen molar-refractivity contribution in [1.29, 1.82) is 0 Å². The van der Waals surface area contributed by atoms with Gasteiger partial charge in [0.25, 0.3) is 0 Å². The number of ether oxygens (including phenoxy) is 2. The fraction of sp³-hybridized carbons (Fsp3) is 0.562. The molecule has 0 saturated carbocycles. The Hall–Kier alpha value is -1.71. The lowest BCUT2D eigenvalue weighted by Gasteiger charge is -2.32. The van der Waals surface area contributed by atoms with Crippen molar-refractivity contribution in [3.05, 3.63) is 24.3 Å². The SMILES string of the molecule is COc1ccc(S(=O)(=O)N2CC(F)CC2C(=O)N2CCOCC2)cc1. The van der Waals surface area contributed by atoms with Gasteiger partial charge in [-0.3, -0.25) is 4.79 Å². The summed E-state index contributed by atoms with van der Waals surface area (Å²) in [6, 6.07) is 4.83. The Morgan fingerprint density at radius 2 is 1.88 bits per heavy atom. The van der Waals surface area contributed by atoms with E-state index in [2.05, 4.69) is 0 Å². The predicted molar refractivity (Wildman–Crippen MR) is 87.6 cm³/mol.